The normalized spacial score (nSPS) is 18.6. The summed E-state index contributed by atoms with van der Waals surface area (Å²) in [4.78, 5) is 26.6. The summed E-state index contributed by atoms with van der Waals surface area (Å²) in [6, 6.07) is 10.0. The summed E-state index contributed by atoms with van der Waals surface area (Å²) >= 11 is 0. The van der Waals surface area contributed by atoms with E-state index in [-0.39, 0.29) is 18.2 Å². The quantitative estimate of drug-likeness (QED) is 0.871. The van der Waals surface area contributed by atoms with Crippen LogP contribution in [0.3, 0.4) is 0 Å². The highest BCUT2D eigenvalue weighted by Gasteiger charge is 2.23. The van der Waals surface area contributed by atoms with Crippen molar-refractivity contribution in [2.24, 2.45) is 0 Å². The molecule has 1 aromatic carbocycles. The van der Waals surface area contributed by atoms with Crippen molar-refractivity contribution in [1.29, 1.82) is 0 Å². The molecule has 1 saturated heterocycles. The van der Waals surface area contributed by atoms with Crippen LogP contribution in [0.5, 0.6) is 0 Å². The number of fused-ring (bicyclic) bond motifs is 1. The molecule has 4 nitrogen and oxygen atoms in total. The number of likely N-dealkylation sites (tertiary alicyclic amines) is 1. The maximum atomic E-state index is 12.4. The zero-order chi connectivity index (χ0) is 15.5. The number of rotatable bonds is 3. The SMILES string of the molecule is CC1CCCCN1C(=O)CCC(=O)n1ccc2ccccc21. The van der Waals surface area contributed by atoms with Gasteiger partial charge in [-0.25, -0.2) is 0 Å². The average Bonchev–Trinajstić information content (AvgIpc) is 2.97. The fourth-order valence-corrected chi connectivity index (χ4v) is 3.25. The second kappa shape index (κ2) is 6.34. The van der Waals surface area contributed by atoms with Crippen LogP contribution in [0.15, 0.2) is 36.5 Å². The van der Waals surface area contributed by atoms with Gasteiger partial charge in [-0.15, -0.1) is 0 Å². The van der Waals surface area contributed by atoms with Gasteiger partial charge >= 0.3 is 0 Å². The Labute approximate surface area is 130 Å². The van der Waals surface area contributed by atoms with Crippen LogP contribution in [0.4, 0.5) is 0 Å². The topological polar surface area (TPSA) is 42.3 Å². The van der Waals surface area contributed by atoms with Crippen molar-refractivity contribution in [2.45, 2.75) is 45.1 Å². The van der Waals surface area contributed by atoms with Gasteiger partial charge in [-0.05, 0) is 38.3 Å². The number of nitrogens with zero attached hydrogens (tertiary/aromatic N) is 2. The van der Waals surface area contributed by atoms with Gasteiger partial charge in [-0.3, -0.25) is 14.2 Å². The zero-order valence-electron chi connectivity index (χ0n) is 13.0. The van der Waals surface area contributed by atoms with Gasteiger partial charge in [-0.2, -0.15) is 0 Å². The molecule has 0 bridgehead atoms. The van der Waals surface area contributed by atoms with E-state index in [9.17, 15) is 9.59 Å². The van der Waals surface area contributed by atoms with Crippen LogP contribution in [0.2, 0.25) is 0 Å². The number of carbonyl (C=O) groups excluding carboxylic acids is 2. The van der Waals surface area contributed by atoms with Crippen molar-refractivity contribution in [3.05, 3.63) is 36.5 Å². The van der Waals surface area contributed by atoms with Crippen molar-refractivity contribution in [3.63, 3.8) is 0 Å². The minimum Gasteiger partial charge on any atom is -0.340 e. The minimum absolute atomic E-state index is 0.0146. The standard InChI is InChI=1S/C18H22N2O2/c1-14-6-4-5-12-19(14)17(21)9-10-18(22)20-13-11-15-7-2-3-8-16(15)20/h2-3,7-8,11,13-14H,4-6,9-10,12H2,1H3. The Balaban J connectivity index is 1.63. The summed E-state index contributed by atoms with van der Waals surface area (Å²) in [5.74, 6) is 0.0937. The van der Waals surface area contributed by atoms with Gasteiger partial charge in [0.25, 0.3) is 0 Å². The minimum atomic E-state index is -0.0146. The van der Waals surface area contributed by atoms with E-state index in [0.29, 0.717) is 12.5 Å². The molecule has 116 valence electrons. The van der Waals surface area contributed by atoms with E-state index in [1.807, 2.05) is 35.2 Å². The van der Waals surface area contributed by atoms with Gasteiger partial charge in [-0.1, -0.05) is 18.2 Å². The van der Waals surface area contributed by atoms with E-state index < -0.39 is 0 Å². The summed E-state index contributed by atoms with van der Waals surface area (Å²) in [6.45, 7) is 2.93. The highest BCUT2D eigenvalue weighted by Crippen LogP contribution is 2.19. The molecule has 0 saturated carbocycles. The summed E-state index contributed by atoms with van der Waals surface area (Å²) in [5, 5.41) is 1.05. The number of para-hydroxylation sites is 1. The van der Waals surface area contributed by atoms with E-state index in [2.05, 4.69) is 6.92 Å². The average molecular weight is 298 g/mol. The highest BCUT2D eigenvalue weighted by molar-refractivity contribution is 5.94. The van der Waals surface area contributed by atoms with E-state index in [1.54, 1.807) is 10.8 Å². The summed E-state index contributed by atoms with van der Waals surface area (Å²) < 4.78 is 1.66. The Bertz CT molecular complexity index is 689. The monoisotopic (exact) mass is 298 g/mol. The van der Waals surface area contributed by atoms with Crippen LogP contribution in [0.1, 0.15) is 43.8 Å². The number of aromatic nitrogens is 1. The molecule has 0 radical (unpaired) electrons. The fraction of sp³-hybridized carbons (Fsp3) is 0.444. The first kappa shape index (κ1) is 14.8. The van der Waals surface area contributed by atoms with Crippen molar-refractivity contribution in [3.8, 4) is 0 Å². The molecule has 3 rings (SSSR count). The third kappa shape index (κ3) is 2.91. The number of benzene rings is 1. The van der Waals surface area contributed by atoms with Crippen LogP contribution in [-0.2, 0) is 4.79 Å². The molecular formula is C18H22N2O2. The predicted octanol–water partition coefficient (Wildman–Crippen LogP) is 3.46. The summed E-state index contributed by atoms with van der Waals surface area (Å²) in [6.07, 6.45) is 5.70. The lowest BCUT2D eigenvalue weighted by molar-refractivity contribution is -0.134. The van der Waals surface area contributed by atoms with Crippen LogP contribution in [0, 0.1) is 0 Å². The molecule has 0 spiro atoms. The molecule has 1 amide bonds. The highest BCUT2D eigenvalue weighted by atomic mass is 16.2. The first-order valence-corrected chi connectivity index (χ1v) is 8.05. The van der Waals surface area contributed by atoms with Crippen LogP contribution in [-0.4, -0.2) is 33.9 Å². The Morgan fingerprint density at radius 1 is 1.09 bits per heavy atom. The van der Waals surface area contributed by atoms with E-state index in [0.717, 1.165) is 30.3 Å². The Morgan fingerprint density at radius 2 is 1.86 bits per heavy atom. The van der Waals surface area contributed by atoms with Crippen LogP contribution >= 0.6 is 0 Å². The van der Waals surface area contributed by atoms with E-state index in [1.165, 1.54) is 6.42 Å². The summed E-state index contributed by atoms with van der Waals surface area (Å²) in [7, 11) is 0. The Morgan fingerprint density at radius 3 is 2.68 bits per heavy atom. The molecule has 1 unspecified atom stereocenters. The lowest BCUT2D eigenvalue weighted by Gasteiger charge is -2.33. The molecule has 2 heterocycles. The van der Waals surface area contributed by atoms with Gasteiger partial charge in [0.05, 0.1) is 5.52 Å². The Kier molecular flexibility index (Phi) is 4.27. The van der Waals surface area contributed by atoms with Crippen molar-refractivity contribution in [1.82, 2.24) is 9.47 Å². The van der Waals surface area contributed by atoms with Crippen LogP contribution in [0.25, 0.3) is 10.9 Å². The number of hydrogen-bond donors (Lipinski definition) is 0. The molecule has 4 heteroatoms. The molecule has 1 fully saturated rings. The van der Waals surface area contributed by atoms with Gasteiger partial charge in [0.2, 0.25) is 11.8 Å². The summed E-state index contributed by atoms with van der Waals surface area (Å²) in [5.41, 5.74) is 0.909. The van der Waals surface area contributed by atoms with E-state index >= 15 is 0 Å². The first-order valence-electron chi connectivity index (χ1n) is 8.05. The van der Waals surface area contributed by atoms with Crippen LogP contribution < -0.4 is 0 Å². The van der Waals surface area contributed by atoms with Gasteiger partial charge in [0.15, 0.2) is 0 Å². The molecule has 1 aliphatic rings. The second-order valence-electron chi connectivity index (χ2n) is 6.07. The third-order valence-corrected chi connectivity index (χ3v) is 4.54. The molecule has 0 aliphatic carbocycles. The third-order valence-electron chi connectivity index (χ3n) is 4.54. The first-order chi connectivity index (χ1) is 10.7. The number of piperidine rings is 1. The zero-order valence-corrected chi connectivity index (χ0v) is 13.0. The molecule has 1 atom stereocenters. The fourth-order valence-electron chi connectivity index (χ4n) is 3.25. The smallest absolute Gasteiger partial charge is 0.231 e. The lowest BCUT2D eigenvalue weighted by atomic mass is 10.0. The molecule has 2 aromatic rings. The number of hydrogen-bond acceptors (Lipinski definition) is 2. The predicted molar refractivity (Wildman–Crippen MR) is 86.8 cm³/mol. The lowest BCUT2D eigenvalue weighted by Crippen LogP contribution is -2.42. The van der Waals surface area contributed by atoms with Gasteiger partial charge in [0, 0.05) is 37.0 Å². The van der Waals surface area contributed by atoms with Gasteiger partial charge in [0.1, 0.15) is 0 Å². The number of carbonyl (C=O) groups is 2. The largest absolute Gasteiger partial charge is 0.340 e. The van der Waals surface area contributed by atoms with Crippen molar-refractivity contribution in [2.75, 3.05) is 6.54 Å². The molecular weight excluding hydrogens is 276 g/mol. The molecule has 22 heavy (non-hydrogen) atoms. The van der Waals surface area contributed by atoms with Gasteiger partial charge < -0.3 is 4.90 Å². The molecule has 1 aromatic heterocycles. The molecule has 1 aliphatic heterocycles. The Hall–Kier alpha value is -2.10. The second-order valence-corrected chi connectivity index (χ2v) is 6.07. The van der Waals surface area contributed by atoms with E-state index in [4.69, 9.17) is 0 Å². The van der Waals surface area contributed by atoms with Crippen molar-refractivity contribution >= 4 is 22.7 Å². The number of amides is 1. The van der Waals surface area contributed by atoms with Crippen molar-refractivity contribution < 1.29 is 9.59 Å². The maximum absolute atomic E-state index is 12.4. The molecule has 0 N–H and O–H groups in total. The maximum Gasteiger partial charge on any atom is 0.231 e.